The molecule has 0 saturated heterocycles. The van der Waals surface area contributed by atoms with Gasteiger partial charge in [-0.1, -0.05) is 6.92 Å². The van der Waals surface area contributed by atoms with E-state index in [1.54, 1.807) is 7.11 Å². The summed E-state index contributed by atoms with van der Waals surface area (Å²) in [5.74, 6) is 0. The molecular formula is C13H23ClN2O2. The molecule has 0 N–H and O–H groups in total. The first-order valence-electron chi connectivity index (χ1n) is 6.36. The molecule has 0 bridgehead atoms. The van der Waals surface area contributed by atoms with E-state index < -0.39 is 0 Å². The summed E-state index contributed by atoms with van der Waals surface area (Å²) in [7, 11) is 1.67. The molecule has 1 aromatic heterocycles. The number of aryl methyl sites for hydroxylation is 1. The maximum Gasteiger partial charge on any atom is 0.0701 e. The number of hydrogen-bond acceptors (Lipinski definition) is 3. The van der Waals surface area contributed by atoms with E-state index >= 15 is 0 Å². The van der Waals surface area contributed by atoms with E-state index in [0.29, 0.717) is 19.8 Å². The smallest absolute Gasteiger partial charge is 0.0701 e. The van der Waals surface area contributed by atoms with Crippen LogP contribution in [0.25, 0.3) is 0 Å². The van der Waals surface area contributed by atoms with Gasteiger partial charge in [-0.05, 0) is 20.3 Å². The van der Waals surface area contributed by atoms with Gasteiger partial charge < -0.3 is 9.47 Å². The number of rotatable bonds is 8. The van der Waals surface area contributed by atoms with Crippen molar-refractivity contribution < 1.29 is 9.47 Å². The van der Waals surface area contributed by atoms with Crippen LogP contribution in [0.5, 0.6) is 0 Å². The Bertz CT molecular complexity index is 366. The molecular weight excluding hydrogens is 252 g/mol. The number of nitrogens with zero attached hydrogens (tertiary/aromatic N) is 2. The predicted octanol–water partition coefficient (Wildman–Crippen LogP) is 2.85. The third-order valence-corrected chi connectivity index (χ3v) is 3.52. The number of halogens is 1. The highest BCUT2D eigenvalue weighted by molar-refractivity contribution is 6.20. The Kier molecular flexibility index (Phi) is 6.68. The van der Waals surface area contributed by atoms with Crippen LogP contribution in [0.4, 0.5) is 0 Å². The van der Waals surface area contributed by atoms with Gasteiger partial charge in [-0.25, -0.2) is 0 Å². The normalized spacial score (nSPS) is 12.9. The first-order chi connectivity index (χ1) is 8.61. The van der Waals surface area contributed by atoms with Crippen molar-refractivity contribution >= 4 is 11.6 Å². The van der Waals surface area contributed by atoms with Crippen molar-refractivity contribution in [3.63, 3.8) is 0 Å². The summed E-state index contributed by atoms with van der Waals surface area (Å²) in [6.45, 7) is 8.80. The fourth-order valence-corrected chi connectivity index (χ4v) is 2.30. The van der Waals surface area contributed by atoms with Gasteiger partial charge in [0, 0.05) is 18.4 Å². The first kappa shape index (κ1) is 15.5. The van der Waals surface area contributed by atoms with Crippen molar-refractivity contribution in [1.82, 2.24) is 9.78 Å². The van der Waals surface area contributed by atoms with Crippen molar-refractivity contribution in [2.75, 3.05) is 26.9 Å². The zero-order chi connectivity index (χ0) is 13.5. The molecule has 5 heteroatoms. The Labute approximate surface area is 114 Å². The summed E-state index contributed by atoms with van der Waals surface area (Å²) in [4.78, 5) is 0. The van der Waals surface area contributed by atoms with Crippen molar-refractivity contribution in [3.05, 3.63) is 17.0 Å². The van der Waals surface area contributed by atoms with Crippen LogP contribution in [0.1, 0.15) is 35.7 Å². The Morgan fingerprint density at radius 2 is 2.00 bits per heavy atom. The second-order valence-electron chi connectivity index (χ2n) is 4.29. The average Bonchev–Trinajstić information content (AvgIpc) is 2.63. The molecule has 0 aliphatic carbocycles. The van der Waals surface area contributed by atoms with E-state index in [2.05, 4.69) is 18.9 Å². The maximum atomic E-state index is 6.32. The molecule has 4 nitrogen and oxygen atoms in total. The molecule has 1 aromatic rings. The van der Waals surface area contributed by atoms with Gasteiger partial charge in [-0.2, -0.15) is 5.10 Å². The molecule has 1 unspecified atom stereocenters. The quantitative estimate of drug-likeness (QED) is 0.540. The highest BCUT2D eigenvalue weighted by Gasteiger charge is 2.17. The zero-order valence-corrected chi connectivity index (χ0v) is 12.5. The van der Waals surface area contributed by atoms with Crippen LogP contribution in [-0.4, -0.2) is 36.7 Å². The molecule has 104 valence electrons. The highest BCUT2D eigenvalue weighted by atomic mass is 35.5. The average molecular weight is 275 g/mol. The van der Waals surface area contributed by atoms with E-state index in [0.717, 1.165) is 29.9 Å². The van der Waals surface area contributed by atoms with Gasteiger partial charge in [0.15, 0.2) is 0 Å². The molecule has 1 rings (SSSR count). The second-order valence-corrected chi connectivity index (χ2v) is 4.82. The van der Waals surface area contributed by atoms with Crippen LogP contribution in [0.2, 0.25) is 0 Å². The van der Waals surface area contributed by atoms with E-state index in [1.807, 2.05) is 11.6 Å². The van der Waals surface area contributed by atoms with Crippen molar-refractivity contribution in [1.29, 1.82) is 0 Å². The van der Waals surface area contributed by atoms with Crippen LogP contribution in [0, 0.1) is 13.8 Å². The lowest BCUT2D eigenvalue weighted by Crippen LogP contribution is -2.11. The maximum absolute atomic E-state index is 6.32. The molecule has 18 heavy (non-hydrogen) atoms. The van der Waals surface area contributed by atoms with Crippen LogP contribution in [0.3, 0.4) is 0 Å². The van der Waals surface area contributed by atoms with Crippen molar-refractivity contribution in [3.8, 4) is 0 Å². The standard InChI is InChI=1S/C13H23ClN2O2/c1-5-12(14)13-10(2)15-16(11(13)3)6-7-18-9-8-17-4/h12H,5-9H2,1-4H3. The third kappa shape index (κ3) is 3.97. The van der Waals surface area contributed by atoms with E-state index in [-0.39, 0.29) is 5.38 Å². The van der Waals surface area contributed by atoms with Crippen molar-refractivity contribution in [2.45, 2.75) is 39.1 Å². The van der Waals surface area contributed by atoms with Crippen LogP contribution >= 0.6 is 11.6 Å². The van der Waals surface area contributed by atoms with E-state index in [4.69, 9.17) is 21.1 Å². The molecule has 0 amide bonds. The minimum atomic E-state index is 0.0492. The minimum absolute atomic E-state index is 0.0492. The van der Waals surface area contributed by atoms with Gasteiger partial charge in [-0.3, -0.25) is 4.68 Å². The summed E-state index contributed by atoms with van der Waals surface area (Å²) in [5, 5.41) is 4.57. The Morgan fingerprint density at radius 3 is 2.61 bits per heavy atom. The Hall–Kier alpha value is -0.580. The molecule has 0 spiro atoms. The van der Waals surface area contributed by atoms with Crippen LogP contribution < -0.4 is 0 Å². The van der Waals surface area contributed by atoms with Gasteiger partial charge in [0.05, 0.1) is 37.4 Å². The lowest BCUT2D eigenvalue weighted by molar-refractivity contribution is 0.0651. The number of methoxy groups -OCH3 is 1. The monoisotopic (exact) mass is 274 g/mol. The summed E-state index contributed by atoms with van der Waals surface area (Å²) in [6.07, 6.45) is 0.916. The summed E-state index contributed by atoms with van der Waals surface area (Å²) >= 11 is 6.32. The SMILES string of the molecule is CCC(Cl)c1c(C)nn(CCOCCOC)c1C. The first-order valence-corrected chi connectivity index (χ1v) is 6.80. The Morgan fingerprint density at radius 1 is 1.28 bits per heavy atom. The van der Waals surface area contributed by atoms with Gasteiger partial charge in [0.1, 0.15) is 0 Å². The molecule has 0 aromatic carbocycles. The molecule has 0 aliphatic rings. The number of hydrogen-bond donors (Lipinski definition) is 0. The molecule has 0 aliphatic heterocycles. The zero-order valence-electron chi connectivity index (χ0n) is 11.7. The van der Waals surface area contributed by atoms with Gasteiger partial charge >= 0.3 is 0 Å². The fraction of sp³-hybridized carbons (Fsp3) is 0.769. The highest BCUT2D eigenvalue weighted by Crippen LogP contribution is 2.29. The van der Waals surface area contributed by atoms with Crippen molar-refractivity contribution in [2.24, 2.45) is 0 Å². The lowest BCUT2D eigenvalue weighted by atomic mass is 10.1. The molecule has 0 radical (unpaired) electrons. The number of aromatic nitrogens is 2. The van der Waals surface area contributed by atoms with Crippen LogP contribution in [-0.2, 0) is 16.0 Å². The largest absolute Gasteiger partial charge is 0.382 e. The molecule has 0 saturated carbocycles. The van der Waals surface area contributed by atoms with E-state index in [9.17, 15) is 0 Å². The number of ether oxygens (including phenoxy) is 2. The minimum Gasteiger partial charge on any atom is -0.382 e. The summed E-state index contributed by atoms with van der Waals surface area (Å²) in [5.41, 5.74) is 3.33. The third-order valence-electron chi connectivity index (χ3n) is 2.99. The molecule has 1 atom stereocenters. The predicted molar refractivity (Wildman–Crippen MR) is 73.3 cm³/mol. The van der Waals surface area contributed by atoms with Gasteiger partial charge in [0.25, 0.3) is 0 Å². The topological polar surface area (TPSA) is 36.3 Å². The molecule has 1 heterocycles. The van der Waals surface area contributed by atoms with Gasteiger partial charge in [0.2, 0.25) is 0 Å². The summed E-state index contributed by atoms with van der Waals surface area (Å²) in [6, 6.07) is 0. The van der Waals surface area contributed by atoms with Crippen LogP contribution in [0.15, 0.2) is 0 Å². The number of alkyl halides is 1. The Balaban J connectivity index is 2.57. The lowest BCUT2D eigenvalue weighted by Gasteiger charge is -2.09. The summed E-state index contributed by atoms with van der Waals surface area (Å²) < 4.78 is 12.3. The second kappa shape index (κ2) is 7.77. The van der Waals surface area contributed by atoms with E-state index in [1.165, 1.54) is 0 Å². The van der Waals surface area contributed by atoms with Gasteiger partial charge in [-0.15, -0.1) is 11.6 Å². The molecule has 0 fully saturated rings. The fourth-order valence-electron chi connectivity index (χ4n) is 1.98.